The number of nitrogens with zero attached hydrogens (tertiary/aromatic N) is 2. The van der Waals surface area contributed by atoms with Gasteiger partial charge in [0.1, 0.15) is 0 Å². The third-order valence-electron chi connectivity index (χ3n) is 4.37. The van der Waals surface area contributed by atoms with E-state index < -0.39 is 10.0 Å². The standard InChI is InChI=1S/C19H21ClN2O4S/c1-21(14-15-5-7-17(20)8-6-15)19(23)16-3-2-4-18(13-16)27(24,25)22-9-11-26-12-10-22/h2-8,13H,9-12,14H2,1H3. The van der Waals surface area contributed by atoms with Gasteiger partial charge in [0, 0.05) is 37.3 Å². The minimum absolute atomic E-state index is 0.121. The van der Waals surface area contributed by atoms with Crippen molar-refractivity contribution in [3.8, 4) is 0 Å². The highest BCUT2D eigenvalue weighted by Gasteiger charge is 2.27. The summed E-state index contributed by atoms with van der Waals surface area (Å²) in [4.78, 5) is 14.4. The van der Waals surface area contributed by atoms with Gasteiger partial charge in [0.05, 0.1) is 18.1 Å². The number of amides is 1. The Kier molecular flexibility index (Phi) is 6.16. The van der Waals surface area contributed by atoms with Crippen LogP contribution in [0.15, 0.2) is 53.4 Å². The van der Waals surface area contributed by atoms with Crippen molar-refractivity contribution in [3.63, 3.8) is 0 Å². The van der Waals surface area contributed by atoms with Crippen molar-refractivity contribution in [2.24, 2.45) is 0 Å². The van der Waals surface area contributed by atoms with Gasteiger partial charge < -0.3 is 9.64 Å². The Bertz CT molecular complexity index is 910. The molecule has 0 unspecified atom stereocenters. The Morgan fingerprint density at radius 3 is 2.48 bits per heavy atom. The molecule has 1 aliphatic heterocycles. The average Bonchev–Trinajstić information content (AvgIpc) is 2.70. The molecule has 1 heterocycles. The summed E-state index contributed by atoms with van der Waals surface area (Å²) in [5.41, 5.74) is 1.27. The highest BCUT2D eigenvalue weighted by atomic mass is 35.5. The fourth-order valence-electron chi connectivity index (χ4n) is 2.88. The van der Waals surface area contributed by atoms with Crippen LogP contribution in [0.5, 0.6) is 0 Å². The van der Waals surface area contributed by atoms with Crippen LogP contribution in [0.25, 0.3) is 0 Å². The molecule has 0 aromatic heterocycles. The van der Waals surface area contributed by atoms with Crippen molar-refractivity contribution < 1.29 is 17.9 Å². The van der Waals surface area contributed by atoms with E-state index in [1.54, 1.807) is 36.2 Å². The van der Waals surface area contributed by atoms with Gasteiger partial charge in [0.15, 0.2) is 0 Å². The lowest BCUT2D eigenvalue weighted by Gasteiger charge is -2.26. The van der Waals surface area contributed by atoms with Gasteiger partial charge >= 0.3 is 0 Å². The molecule has 0 bridgehead atoms. The molecule has 8 heteroatoms. The predicted octanol–water partition coefficient (Wildman–Crippen LogP) is 2.63. The third-order valence-corrected chi connectivity index (χ3v) is 6.52. The second-order valence-corrected chi connectivity index (χ2v) is 8.71. The molecule has 3 rings (SSSR count). The van der Waals surface area contributed by atoms with Crippen LogP contribution >= 0.6 is 11.6 Å². The minimum Gasteiger partial charge on any atom is -0.379 e. The number of hydrogen-bond acceptors (Lipinski definition) is 4. The summed E-state index contributed by atoms with van der Waals surface area (Å²) >= 11 is 5.88. The van der Waals surface area contributed by atoms with Crippen LogP contribution in [0.2, 0.25) is 5.02 Å². The Labute approximate surface area is 164 Å². The number of ether oxygens (including phenoxy) is 1. The highest BCUT2D eigenvalue weighted by molar-refractivity contribution is 7.89. The van der Waals surface area contributed by atoms with Crippen LogP contribution in [0.4, 0.5) is 0 Å². The number of hydrogen-bond donors (Lipinski definition) is 0. The highest BCUT2D eigenvalue weighted by Crippen LogP contribution is 2.19. The number of benzene rings is 2. The number of morpholine rings is 1. The number of sulfonamides is 1. The Balaban J connectivity index is 1.77. The summed E-state index contributed by atoms with van der Waals surface area (Å²) in [7, 11) is -1.96. The molecule has 0 atom stereocenters. The van der Waals surface area contributed by atoms with Gasteiger partial charge in [-0.05, 0) is 35.9 Å². The maximum absolute atomic E-state index is 12.8. The first-order valence-electron chi connectivity index (χ1n) is 8.56. The number of halogens is 1. The fourth-order valence-corrected chi connectivity index (χ4v) is 4.46. The van der Waals surface area contributed by atoms with Gasteiger partial charge in [0.2, 0.25) is 10.0 Å². The van der Waals surface area contributed by atoms with Crippen LogP contribution in [0.1, 0.15) is 15.9 Å². The molecule has 1 fully saturated rings. The Hall–Kier alpha value is -1.93. The van der Waals surface area contributed by atoms with Crippen molar-refractivity contribution >= 4 is 27.5 Å². The van der Waals surface area contributed by atoms with E-state index in [0.29, 0.717) is 43.4 Å². The fraction of sp³-hybridized carbons (Fsp3) is 0.316. The summed E-state index contributed by atoms with van der Waals surface area (Å²) in [6.45, 7) is 1.79. The second-order valence-electron chi connectivity index (χ2n) is 6.33. The lowest BCUT2D eigenvalue weighted by Crippen LogP contribution is -2.40. The average molecular weight is 409 g/mol. The van der Waals surface area contributed by atoms with E-state index in [2.05, 4.69) is 0 Å². The summed E-state index contributed by atoms with van der Waals surface area (Å²) < 4.78 is 32.2. The molecular formula is C19H21ClN2O4S. The van der Waals surface area contributed by atoms with Crippen LogP contribution in [-0.4, -0.2) is 56.9 Å². The molecule has 0 saturated carbocycles. The largest absolute Gasteiger partial charge is 0.379 e. The maximum atomic E-state index is 12.8. The molecular weight excluding hydrogens is 388 g/mol. The van der Waals surface area contributed by atoms with Crippen molar-refractivity contribution in [2.75, 3.05) is 33.4 Å². The molecule has 0 N–H and O–H groups in total. The van der Waals surface area contributed by atoms with Gasteiger partial charge in [0.25, 0.3) is 5.91 Å². The lowest BCUT2D eigenvalue weighted by atomic mass is 10.1. The van der Waals surface area contributed by atoms with E-state index in [1.807, 2.05) is 12.1 Å². The molecule has 2 aromatic carbocycles. The molecule has 1 amide bonds. The Morgan fingerprint density at radius 1 is 1.15 bits per heavy atom. The Morgan fingerprint density at radius 2 is 1.81 bits per heavy atom. The maximum Gasteiger partial charge on any atom is 0.253 e. The van der Waals surface area contributed by atoms with E-state index in [0.717, 1.165) is 5.56 Å². The SMILES string of the molecule is CN(Cc1ccc(Cl)cc1)C(=O)c1cccc(S(=O)(=O)N2CCOCC2)c1. The van der Waals surface area contributed by atoms with Crippen molar-refractivity contribution in [1.82, 2.24) is 9.21 Å². The minimum atomic E-state index is -3.64. The first-order chi connectivity index (χ1) is 12.9. The molecule has 2 aromatic rings. The zero-order valence-corrected chi connectivity index (χ0v) is 16.5. The zero-order valence-electron chi connectivity index (χ0n) is 15.0. The predicted molar refractivity (Wildman–Crippen MR) is 103 cm³/mol. The normalized spacial score (nSPS) is 15.5. The number of carbonyl (C=O) groups is 1. The molecule has 6 nitrogen and oxygen atoms in total. The number of carbonyl (C=O) groups excluding carboxylic acids is 1. The molecule has 27 heavy (non-hydrogen) atoms. The van der Waals surface area contributed by atoms with Crippen molar-refractivity contribution in [1.29, 1.82) is 0 Å². The van der Waals surface area contributed by atoms with E-state index in [-0.39, 0.29) is 10.8 Å². The van der Waals surface area contributed by atoms with Gasteiger partial charge in [-0.3, -0.25) is 4.79 Å². The molecule has 0 radical (unpaired) electrons. The number of rotatable bonds is 5. The molecule has 1 saturated heterocycles. The third kappa shape index (κ3) is 4.68. The first-order valence-corrected chi connectivity index (χ1v) is 10.4. The van der Waals surface area contributed by atoms with Gasteiger partial charge in [-0.1, -0.05) is 29.8 Å². The zero-order chi connectivity index (χ0) is 19.4. The van der Waals surface area contributed by atoms with E-state index in [4.69, 9.17) is 16.3 Å². The van der Waals surface area contributed by atoms with Crippen LogP contribution < -0.4 is 0 Å². The van der Waals surface area contributed by atoms with E-state index in [9.17, 15) is 13.2 Å². The van der Waals surface area contributed by atoms with Gasteiger partial charge in [-0.2, -0.15) is 4.31 Å². The van der Waals surface area contributed by atoms with E-state index >= 15 is 0 Å². The van der Waals surface area contributed by atoms with Crippen LogP contribution in [0.3, 0.4) is 0 Å². The summed E-state index contributed by atoms with van der Waals surface area (Å²) in [5, 5.41) is 0.633. The van der Waals surface area contributed by atoms with Crippen molar-refractivity contribution in [2.45, 2.75) is 11.4 Å². The topological polar surface area (TPSA) is 66.9 Å². The monoisotopic (exact) mass is 408 g/mol. The summed E-state index contributed by atoms with van der Waals surface area (Å²) in [6.07, 6.45) is 0. The first kappa shape index (κ1) is 19.8. The molecule has 1 aliphatic rings. The van der Waals surface area contributed by atoms with E-state index in [1.165, 1.54) is 16.4 Å². The lowest BCUT2D eigenvalue weighted by molar-refractivity contribution is 0.0730. The van der Waals surface area contributed by atoms with Gasteiger partial charge in [-0.15, -0.1) is 0 Å². The summed E-state index contributed by atoms with van der Waals surface area (Å²) in [6, 6.07) is 13.4. The van der Waals surface area contributed by atoms with Gasteiger partial charge in [-0.25, -0.2) is 8.42 Å². The smallest absolute Gasteiger partial charge is 0.253 e. The van der Waals surface area contributed by atoms with Crippen molar-refractivity contribution in [3.05, 3.63) is 64.7 Å². The molecule has 144 valence electrons. The quantitative estimate of drug-likeness (QED) is 0.762. The second kappa shape index (κ2) is 8.39. The molecule has 0 aliphatic carbocycles. The molecule has 0 spiro atoms. The van der Waals surface area contributed by atoms with Crippen LogP contribution in [-0.2, 0) is 21.3 Å². The van der Waals surface area contributed by atoms with Crippen LogP contribution in [0, 0.1) is 0 Å². The summed E-state index contributed by atoms with van der Waals surface area (Å²) in [5.74, 6) is -0.246.